The van der Waals surface area contributed by atoms with E-state index in [1.54, 1.807) is 7.11 Å². The normalized spacial score (nSPS) is 15.5. The quantitative estimate of drug-likeness (QED) is 0.652. The van der Waals surface area contributed by atoms with Gasteiger partial charge in [-0.25, -0.2) is 0 Å². The maximum Gasteiger partial charge on any atom is 0.142 e. The molecule has 0 bridgehead atoms. The molecule has 1 aliphatic heterocycles. The van der Waals surface area contributed by atoms with Gasteiger partial charge in [-0.3, -0.25) is 0 Å². The number of ether oxygens (including phenoxy) is 1. The van der Waals surface area contributed by atoms with E-state index >= 15 is 0 Å². The van der Waals surface area contributed by atoms with E-state index in [-0.39, 0.29) is 12.4 Å². The average Bonchev–Trinajstić information content (AvgIpc) is 2.30. The van der Waals surface area contributed by atoms with E-state index < -0.39 is 0 Å². The van der Waals surface area contributed by atoms with Gasteiger partial charge in [0.2, 0.25) is 0 Å². The summed E-state index contributed by atoms with van der Waals surface area (Å²) in [6.07, 6.45) is 0. The summed E-state index contributed by atoms with van der Waals surface area (Å²) in [5.74, 6) is 0.904. The van der Waals surface area contributed by atoms with Crippen molar-refractivity contribution in [2.24, 2.45) is 0 Å². The number of nitrogens with zero attached hydrogens (tertiary/aromatic N) is 1. The number of hydrogen-bond acceptors (Lipinski definition) is 2. The lowest BCUT2D eigenvalue weighted by Gasteiger charge is -2.28. The molecule has 16 heavy (non-hydrogen) atoms. The van der Waals surface area contributed by atoms with E-state index in [0.717, 1.165) is 42.6 Å². The summed E-state index contributed by atoms with van der Waals surface area (Å²) in [5.41, 5.74) is 1.11. The predicted octanol–water partition coefficient (Wildman–Crippen LogP) is -2.26. The number of anilines is 1. The zero-order valence-corrected chi connectivity index (χ0v) is 10.8. The maximum atomic E-state index is 6.00. The Morgan fingerprint density at radius 3 is 2.62 bits per heavy atom. The molecule has 0 aromatic heterocycles. The first kappa shape index (κ1) is 13.4. The maximum absolute atomic E-state index is 6.00. The molecule has 0 unspecified atom stereocenters. The van der Waals surface area contributed by atoms with Crippen LogP contribution in [-0.4, -0.2) is 33.3 Å². The molecule has 0 radical (unpaired) electrons. The zero-order chi connectivity index (χ0) is 10.7. The molecule has 1 aliphatic rings. The molecule has 0 saturated carbocycles. The van der Waals surface area contributed by atoms with Crippen molar-refractivity contribution in [2.45, 2.75) is 0 Å². The molecule has 0 aliphatic carbocycles. The van der Waals surface area contributed by atoms with Gasteiger partial charge in [0, 0.05) is 5.02 Å². The van der Waals surface area contributed by atoms with Gasteiger partial charge in [0.1, 0.15) is 5.75 Å². The van der Waals surface area contributed by atoms with E-state index in [9.17, 15) is 0 Å². The topological polar surface area (TPSA) is 29.1 Å². The van der Waals surface area contributed by atoms with Crippen molar-refractivity contribution in [1.82, 2.24) is 0 Å². The van der Waals surface area contributed by atoms with Crippen LogP contribution in [0.4, 0.5) is 5.69 Å². The van der Waals surface area contributed by atoms with Gasteiger partial charge in [-0.15, -0.1) is 0 Å². The molecule has 2 N–H and O–H groups in total. The van der Waals surface area contributed by atoms with Gasteiger partial charge in [-0.1, -0.05) is 11.6 Å². The SMILES string of the molecule is COc1ccc(Cl)cc1N1CC[NH2+]CC1.[Cl-]. The number of nitrogens with two attached hydrogens (primary N) is 1. The minimum absolute atomic E-state index is 0. The Bertz CT molecular complexity index is 341. The number of benzene rings is 1. The van der Waals surface area contributed by atoms with Crippen molar-refractivity contribution < 1.29 is 22.5 Å². The molecule has 2 rings (SSSR count). The van der Waals surface area contributed by atoms with E-state index in [0.29, 0.717) is 0 Å². The lowest BCUT2D eigenvalue weighted by atomic mass is 10.2. The smallest absolute Gasteiger partial charge is 0.142 e. The second-order valence-electron chi connectivity index (χ2n) is 3.67. The fraction of sp³-hybridized carbons (Fsp3) is 0.455. The molecule has 1 saturated heterocycles. The number of piperazine rings is 1. The molecule has 90 valence electrons. The molecule has 0 spiro atoms. The third kappa shape index (κ3) is 2.94. The van der Waals surface area contributed by atoms with Crippen molar-refractivity contribution in [2.75, 3.05) is 38.2 Å². The number of hydrogen-bond donors (Lipinski definition) is 1. The van der Waals surface area contributed by atoms with Crippen molar-refractivity contribution in [3.8, 4) is 5.75 Å². The van der Waals surface area contributed by atoms with Gasteiger partial charge in [-0.05, 0) is 18.2 Å². The molecular weight excluding hydrogens is 247 g/mol. The minimum atomic E-state index is 0. The Balaban J connectivity index is 0.00000128. The Labute approximate surface area is 107 Å². The summed E-state index contributed by atoms with van der Waals surface area (Å²) in [6, 6.07) is 5.77. The highest BCUT2D eigenvalue weighted by Gasteiger charge is 2.16. The second kappa shape index (κ2) is 6.18. The lowest BCUT2D eigenvalue weighted by Crippen LogP contribution is -3.00. The average molecular weight is 263 g/mol. The van der Waals surface area contributed by atoms with Crippen LogP contribution in [0.2, 0.25) is 5.02 Å². The molecule has 0 atom stereocenters. The molecule has 0 amide bonds. The predicted molar refractivity (Wildman–Crippen MR) is 61.9 cm³/mol. The highest BCUT2D eigenvalue weighted by atomic mass is 35.5. The van der Waals surface area contributed by atoms with Crippen LogP contribution >= 0.6 is 11.6 Å². The van der Waals surface area contributed by atoms with E-state index in [1.165, 1.54) is 0 Å². The third-order valence-corrected chi connectivity index (χ3v) is 2.92. The number of rotatable bonds is 2. The van der Waals surface area contributed by atoms with Gasteiger partial charge in [-0.2, -0.15) is 0 Å². The van der Waals surface area contributed by atoms with Crippen LogP contribution in [0.3, 0.4) is 0 Å². The standard InChI is InChI=1S/C11H15ClN2O.ClH/c1-15-11-3-2-9(12)8-10(11)14-6-4-13-5-7-14;/h2-3,8,13H,4-7H2,1H3;1H. The van der Waals surface area contributed by atoms with E-state index in [4.69, 9.17) is 16.3 Å². The van der Waals surface area contributed by atoms with Gasteiger partial charge >= 0.3 is 0 Å². The Morgan fingerprint density at radius 2 is 2.00 bits per heavy atom. The van der Waals surface area contributed by atoms with Crippen molar-refractivity contribution in [3.05, 3.63) is 23.2 Å². The minimum Gasteiger partial charge on any atom is -1.00 e. The van der Waals surface area contributed by atoms with E-state index in [2.05, 4.69) is 10.2 Å². The Morgan fingerprint density at radius 1 is 1.31 bits per heavy atom. The van der Waals surface area contributed by atoms with Crippen molar-refractivity contribution in [1.29, 1.82) is 0 Å². The van der Waals surface area contributed by atoms with Gasteiger partial charge < -0.3 is 27.4 Å². The van der Waals surface area contributed by atoms with Crippen LogP contribution in [0.25, 0.3) is 0 Å². The van der Waals surface area contributed by atoms with Crippen LogP contribution in [0.1, 0.15) is 0 Å². The molecule has 1 heterocycles. The number of halogens is 2. The summed E-state index contributed by atoms with van der Waals surface area (Å²) >= 11 is 6.00. The lowest BCUT2D eigenvalue weighted by molar-refractivity contribution is -0.655. The molecule has 1 aromatic rings. The Hall–Kier alpha value is -0.640. The van der Waals surface area contributed by atoms with E-state index in [1.807, 2.05) is 18.2 Å². The Kier molecular flexibility index (Phi) is 5.19. The molecule has 3 nitrogen and oxygen atoms in total. The van der Waals surface area contributed by atoms with Crippen LogP contribution in [0.5, 0.6) is 5.75 Å². The summed E-state index contributed by atoms with van der Waals surface area (Å²) in [5, 5.41) is 3.09. The molecule has 1 fully saturated rings. The number of methoxy groups -OCH3 is 1. The first-order valence-electron chi connectivity index (χ1n) is 5.21. The van der Waals surface area contributed by atoms with Gasteiger partial charge in [0.15, 0.2) is 0 Å². The van der Waals surface area contributed by atoms with Crippen LogP contribution in [0, 0.1) is 0 Å². The zero-order valence-electron chi connectivity index (χ0n) is 9.25. The van der Waals surface area contributed by atoms with Crippen LogP contribution < -0.4 is 27.4 Å². The fourth-order valence-electron chi connectivity index (χ4n) is 1.90. The van der Waals surface area contributed by atoms with Crippen LogP contribution in [0.15, 0.2) is 18.2 Å². The summed E-state index contributed by atoms with van der Waals surface area (Å²) in [6.45, 7) is 4.37. The van der Waals surface area contributed by atoms with Crippen molar-refractivity contribution >= 4 is 17.3 Å². The first-order valence-corrected chi connectivity index (χ1v) is 5.59. The second-order valence-corrected chi connectivity index (χ2v) is 4.11. The number of quaternary nitrogens is 1. The monoisotopic (exact) mass is 262 g/mol. The molecular formula is C11H16Cl2N2O. The summed E-state index contributed by atoms with van der Waals surface area (Å²) in [7, 11) is 1.70. The highest BCUT2D eigenvalue weighted by molar-refractivity contribution is 6.30. The first-order chi connectivity index (χ1) is 7.31. The molecule has 1 aromatic carbocycles. The fourth-order valence-corrected chi connectivity index (χ4v) is 2.07. The van der Waals surface area contributed by atoms with Crippen LogP contribution in [-0.2, 0) is 0 Å². The highest BCUT2D eigenvalue weighted by Crippen LogP contribution is 2.30. The summed E-state index contributed by atoms with van der Waals surface area (Å²) < 4.78 is 5.34. The summed E-state index contributed by atoms with van der Waals surface area (Å²) in [4.78, 5) is 2.32. The van der Waals surface area contributed by atoms with Crippen molar-refractivity contribution in [3.63, 3.8) is 0 Å². The largest absolute Gasteiger partial charge is 1.00 e. The molecule has 5 heteroatoms. The third-order valence-electron chi connectivity index (χ3n) is 2.69. The van der Waals surface area contributed by atoms with Gasteiger partial charge in [0.25, 0.3) is 0 Å². The van der Waals surface area contributed by atoms with Gasteiger partial charge in [0.05, 0.1) is 39.0 Å².